The Labute approximate surface area is 133 Å². The molecule has 0 atom stereocenters. The third kappa shape index (κ3) is 5.82. The second-order valence-electron chi connectivity index (χ2n) is 5.96. The fourth-order valence-electron chi connectivity index (χ4n) is 2.83. The summed E-state index contributed by atoms with van der Waals surface area (Å²) in [6.07, 6.45) is 2.93. The molecule has 0 aromatic heterocycles. The van der Waals surface area contributed by atoms with Crippen LogP contribution in [0.4, 0.5) is 13.2 Å². The largest absolute Gasteiger partial charge is 0.522 e. The van der Waals surface area contributed by atoms with Crippen molar-refractivity contribution in [3.05, 3.63) is 0 Å². The fraction of sp³-hybridized carbons (Fsp3) is 0.800. The van der Waals surface area contributed by atoms with Crippen LogP contribution < -0.4 is 5.32 Å². The van der Waals surface area contributed by atoms with Gasteiger partial charge < -0.3 is 5.32 Å². The Kier molecular flexibility index (Phi) is 5.63. The third-order valence-electron chi connectivity index (χ3n) is 4.22. The van der Waals surface area contributed by atoms with E-state index in [2.05, 4.69) is 26.2 Å². The predicted octanol–water partition coefficient (Wildman–Crippen LogP) is 3.16. The van der Waals surface area contributed by atoms with Crippen molar-refractivity contribution in [2.24, 2.45) is 16.1 Å². The summed E-state index contributed by atoms with van der Waals surface area (Å²) in [7, 11) is 0. The van der Waals surface area contributed by atoms with Gasteiger partial charge in [-0.25, -0.2) is 0 Å². The number of halogens is 3. The first-order valence-electron chi connectivity index (χ1n) is 7.73. The molecule has 128 valence electrons. The van der Waals surface area contributed by atoms with E-state index in [0.29, 0.717) is 38.6 Å². The van der Waals surface area contributed by atoms with Crippen molar-refractivity contribution >= 4 is 5.91 Å². The van der Waals surface area contributed by atoms with Crippen molar-refractivity contribution in [1.82, 2.24) is 5.32 Å². The highest BCUT2D eigenvalue weighted by atomic mass is 19.4. The van der Waals surface area contributed by atoms with E-state index in [0.717, 1.165) is 0 Å². The first-order valence-corrected chi connectivity index (χ1v) is 7.73. The number of ether oxygens (including phenoxy) is 1. The molecule has 0 aromatic carbocycles. The summed E-state index contributed by atoms with van der Waals surface area (Å²) in [5.41, 5.74) is -0.433. The molecule has 1 N–H and O–H groups in total. The first kappa shape index (κ1) is 17.7. The monoisotopic (exact) mass is 331 g/mol. The van der Waals surface area contributed by atoms with Crippen LogP contribution in [0.2, 0.25) is 0 Å². The average Bonchev–Trinajstić information content (AvgIpc) is 3.24. The SMILES string of the molecule is C#CCCC1(CCNC(=O)C2CCC(OC(F)(F)F)CC2)N=N1. The predicted molar refractivity (Wildman–Crippen MR) is 76.2 cm³/mol. The molecule has 2 rings (SSSR count). The first-order chi connectivity index (χ1) is 10.8. The smallest absolute Gasteiger partial charge is 0.356 e. The Morgan fingerprint density at radius 1 is 1.26 bits per heavy atom. The number of hydrogen-bond acceptors (Lipinski definition) is 4. The molecule has 1 amide bonds. The lowest BCUT2D eigenvalue weighted by Crippen LogP contribution is -2.37. The van der Waals surface area contributed by atoms with Gasteiger partial charge >= 0.3 is 6.36 Å². The maximum Gasteiger partial charge on any atom is 0.522 e. The lowest BCUT2D eigenvalue weighted by atomic mass is 9.86. The summed E-state index contributed by atoms with van der Waals surface area (Å²) in [6, 6.07) is 0. The van der Waals surface area contributed by atoms with Crippen molar-refractivity contribution in [1.29, 1.82) is 0 Å². The highest BCUT2D eigenvalue weighted by Crippen LogP contribution is 2.36. The maximum absolute atomic E-state index is 12.1. The van der Waals surface area contributed by atoms with Gasteiger partial charge in [0.15, 0.2) is 5.66 Å². The van der Waals surface area contributed by atoms with Crippen LogP contribution in [0.5, 0.6) is 0 Å². The number of carbonyl (C=O) groups is 1. The van der Waals surface area contributed by atoms with E-state index in [1.165, 1.54) is 0 Å². The van der Waals surface area contributed by atoms with E-state index in [-0.39, 0.29) is 24.7 Å². The molecule has 1 heterocycles. The number of terminal acetylenes is 1. The van der Waals surface area contributed by atoms with Gasteiger partial charge in [-0.3, -0.25) is 9.53 Å². The minimum Gasteiger partial charge on any atom is -0.356 e. The Bertz CT molecular complexity index is 485. The second-order valence-corrected chi connectivity index (χ2v) is 5.96. The van der Waals surface area contributed by atoms with E-state index >= 15 is 0 Å². The van der Waals surface area contributed by atoms with Crippen LogP contribution in [-0.2, 0) is 9.53 Å². The molecule has 1 aliphatic heterocycles. The van der Waals surface area contributed by atoms with Crippen molar-refractivity contribution in [3.8, 4) is 12.3 Å². The normalized spacial score (nSPS) is 25.7. The van der Waals surface area contributed by atoms with Crippen molar-refractivity contribution in [2.75, 3.05) is 6.54 Å². The van der Waals surface area contributed by atoms with Crippen molar-refractivity contribution in [2.45, 2.75) is 63.1 Å². The Hall–Kier alpha value is -1.62. The molecule has 0 spiro atoms. The minimum atomic E-state index is -4.61. The lowest BCUT2D eigenvalue weighted by molar-refractivity contribution is -0.345. The van der Waals surface area contributed by atoms with Gasteiger partial charge in [0.05, 0.1) is 6.10 Å². The molecule has 1 aliphatic carbocycles. The van der Waals surface area contributed by atoms with Crippen LogP contribution in [0.3, 0.4) is 0 Å². The molecule has 0 unspecified atom stereocenters. The van der Waals surface area contributed by atoms with Crippen LogP contribution in [0.15, 0.2) is 10.2 Å². The molecule has 1 fully saturated rings. The topological polar surface area (TPSA) is 63.0 Å². The number of rotatable bonds is 7. The summed E-state index contributed by atoms with van der Waals surface area (Å²) in [5.74, 6) is 2.16. The van der Waals surface area contributed by atoms with E-state index in [1.54, 1.807) is 0 Å². The summed E-state index contributed by atoms with van der Waals surface area (Å²) < 4.78 is 40.4. The third-order valence-corrected chi connectivity index (χ3v) is 4.22. The van der Waals surface area contributed by atoms with Gasteiger partial charge in [-0.05, 0) is 25.7 Å². The fourth-order valence-corrected chi connectivity index (χ4v) is 2.83. The molecule has 0 radical (unpaired) electrons. The molecule has 0 saturated heterocycles. The van der Waals surface area contributed by atoms with Gasteiger partial charge in [0.1, 0.15) is 0 Å². The standard InChI is InChI=1S/C15H20F3N3O2/c1-2-3-8-14(20-21-14)9-10-19-13(22)11-4-6-12(7-5-11)23-15(16,17)18/h1,11-12H,3-10H2,(H,19,22). The molecule has 1 saturated carbocycles. The minimum absolute atomic E-state index is 0.122. The Morgan fingerprint density at radius 2 is 1.91 bits per heavy atom. The average molecular weight is 331 g/mol. The van der Waals surface area contributed by atoms with E-state index < -0.39 is 18.1 Å². The number of hydrogen-bond donors (Lipinski definition) is 1. The van der Waals surface area contributed by atoms with Gasteiger partial charge in [-0.1, -0.05) is 0 Å². The summed E-state index contributed by atoms with van der Waals surface area (Å²) in [5, 5.41) is 10.8. The highest BCUT2D eigenvalue weighted by Gasteiger charge is 2.39. The van der Waals surface area contributed by atoms with Gasteiger partial charge in [0.25, 0.3) is 0 Å². The Morgan fingerprint density at radius 3 is 2.43 bits per heavy atom. The van der Waals surface area contributed by atoms with Crippen LogP contribution in [0, 0.1) is 18.3 Å². The molecular weight excluding hydrogens is 311 g/mol. The van der Waals surface area contributed by atoms with E-state index in [4.69, 9.17) is 6.42 Å². The summed E-state index contributed by atoms with van der Waals surface area (Å²) >= 11 is 0. The van der Waals surface area contributed by atoms with Crippen molar-refractivity contribution < 1.29 is 22.7 Å². The van der Waals surface area contributed by atoms with E-state index in [1.807, 2.05) is 0 Å². The van der Waals surface area contributed by atoms with Gasteiger partial charge in [-0.15, -0.1) is 25.5 Å². The number of carbonyl (C=O) groups excluding carboxylic acids is 1. The van der Waals surface area contributed by atoms with Crippen LogP contribution in [-0.4, -0.2) is 30.6 Å². The summed E-state index contributed by atoms with van der Waals surface area (Å²) in [4.78, 5) is 12.0. The molecule has 5 nitrogen and oxygen atoms in total. The quantitative estimate of drug-likeness (QED) is 0.728. The van der Waals surface area contributed by atoms with Gasteiger partial charge in [0, 0.05) is 31.7 Å². The zero-order valence-electron chi connectivity index (χ0n) is 12.7. The zero-order chi connectivity index (χ0) is 16.9. The number of alkyl halides is 3. The van der Waals surface area contributed by atoms with Crippen LogP contribution >= 0.6 is 0 Å². The molecule has 23 heavy (non-hydrogen) atoms. The zero-order valence-corrected chi connectivity index (χ0v) is 12.7. The number of amides is 1. The van der Waals surface area contributed by atoms with Crippen LogP contribution in [0.1, 0.15) is 44.9 Å². The lowest BCUT2D eigenvalue weighted by Gasteiger charge is -2.28. The maximum atomic E-state index is 12.1. The van der Waals surface area contributed by atoms with E-state index in [9.17, 15) is 18.0 Å². The summed E-state index contributed by atoms with van der Waals surface area (Å²) in [6.45, 7) is 0.440. The van der Waals surface area contributed by atoms with Crippen molar-refractivity contribution in [3.63, 3.8) is 0 Å². The Balaban J connectivity index is 1.63. The molecule has 2 aliphatic rings. The van der Waals surface area contributed by atoms with Gasteiger partial charge in [-0.2, -0.15) is 10.2 Å². The highest BCUT2D eigenvalue weighted by molar-refractivity contribution is 5.78. The second kappa shape index (κ2) is 7.30. The van der Waals surface area contributed by atoms with Gasteiger partial charge in [0.2, 0.25) is 5.91 Å². The molecule has 8 heteroatoms. The van der Waals surface area contributed by atoms with Crippen LogP contribution in [0.25, 0.3) is 0 Å². The number of nitrogens with zero attached hydrogens (tertiary/aromatic N) is 2. The molecule has 0 aromatic rings. The number of nitrogens with one attached hydrogen (secondary N) is 1. The molecule has 0 bridgehead atoms. The molecular formula is C15H20F3N3O2.